The fraction of sp³-hybridized carbons (Fsp3) is 0.476. The van der Waals surface area contributed by atoms with E-state index in [2.05, 4.69) is 20.9 Å². The Morgan fingerprint density at radius 3 is 2.11 bits per heavy atom. The minimum absolute atomic E-state index is 0.0100. The van der Waals surface area contributed by atoms with Crippen molar-refractivity contribution in [2.24, 2.45) is 22.2 Å². The van der Waals surface area contributed by atoms with Crippen LogP contribution >= 0.6 is 0 Å². The highest BCUT2D eigenvalue weighted by molar-refractivity contribution is 5.94. The number of carbonyl (C=O) groups excluding carboxylic acids is 3. The molecule has 0 aliphatic heterocycles. The van der Waals surface area contributed by atoms with Gasteiger partial charge in [-0.15, -0.1) is 0 Å². The molecule has 35 heavy (non-hydrogen) atoms. The van der Waals surface area contributed by atoms with Crippen LogP contribution in [0.3, 0.4) is 0 Å². The maximum Gasteiger partial charge on any atom is 0.326 e. The summed E-state index contributed by atoms with van der Waals surface area (Å²) in [6.07, 6.45) is -1.11. The van der Waals surface area contributed by atoms with Crippen LogP contribution in [0.4, 0.5) is 0 Å². The number of phenols is 1. The lowest BCUT2D eigenvalue weighted by molar-refractivity contribution is -0.142. The molecule has 14 heteroatoms. The molecule has 4 atom stereocenters. The van der Waals surface area contributed by atoms with Gasteiger partial charge in [0.15, 0.2) is 5.96 Å². The molecule has 0 fully saturated rings. The molecule has 3 amide bonds. The fourth-order valence-electron chi connectivity index (χ4n) is 3.01. The Morgan fingerprint density at radius 1 is 1.00 bits per heavy atom. The minimum Gasteiger partial charge on any atom is -0.508 e. The Bertz CT molecular complexity index is 902. The maximum absolute atomic E-state index is 13.0. The van der Waals surface area contributed by atoms with E-state index in [-0.39, 0.29) is 37.5 Å². The number of benzene rings is 1. The second-order valence-corrected chi connectivity index (χ2v) is 7.77. The first-order valence-electron chi connectivity index (χ1n) is 10.8. The van der Waals surface area contributed by atoms with Crippen molar-refractivity contribution in [2.45, 2.75) is 50.4 Å². The molecule has 194 valence electrons. The van der Waals surface area contributed by atoms with E-state index in [0.29, 0.717) is 5.56 Å². The van der Waals surface area contributed by atoms with E-state index in [0.717, 1.165) is 0 Å². The van der Waals surface area contributed by atoms with Gasteiger partial charge in [-0.2, -0.15) is 0 Å². The van der Waals surface area contributed by atoms with Crippen LogP contribution in [-0.2, 0) is 25.6 Å². The summed E-state index contributed by atoms with van der Waals surface area (Å²) < 4.78 is 0. The van der Waals surface area contributed by atoms with E-state index in [9.17, 15) is 34.5 Å². The van der Waals surface area contributed by atoms with Gasteiger partial charge in [0.05, 0.1) is 12.6 Å². The van der Waals surface area contributed by atoms with Crippen molar-refractivity contribution >= 4 is 29.7 Å². The van der Waals surface area contributed by atoms with E-state index in [1.54, 1.807) is 0 Å². The Hall–Kier alpha value is -3.91. The number of nitrogens with one attached hydrogen (secondary N) is 3. The van der Waals surface area contributed by atoms with Crippen molar-refractivity contribution in [1.29, 1.82) is 0 Å². The summed E-state index contributed by atoms with van der Waals surface area (Å²) in [6.45, 7) is 1.01. The molecule has 0 aliphatic rings. The average molecular weight is 496 g/mol. The zero-order chi connectivity index (χ0) is 26.5. The van der Waals surface area contributed by atoms with Crippen molar-refractivity contribution in [3.63, 3.8) is 0 Å². The summed E-state index contributed by atoms with van der Waals surface area (Å²) in [5.74, 6) is -3.83. The highest BCUT2D eigenvalue weighted by Gasteiger charge is 2.31. The number of carboxylic acids is 1. The number of phenolic OH excluding ortho intramolecular Hbond substituents is 1. The molecule has 0 aromatic heterocycles. The Balaban J connectivity index is 3.06. The predicted octanol–water partition coefficient (Wildman–Crippen LogP) is -3.13. The molecule has 0 saturated heterocycles. The van der Waals surface area contributed by atoms with Crippen molar-refractivity contribution in [1.82, 2.24) is 16.0 Å². The third-order valence-corrected chi connectivity index (χ3v) is 4.84. The van der Waals surface area contributed by atoms with Gasteiger partial charge in [-0.3, -0.25) is 19.4 Å². The van der Waals surface area contributed by atoms with E-state index < -0.39 is 54.5 Å². The molecule has 1 rings (SSSR count). The van der Waals surface area contributed by atoms with Gasteiger partial charge >= 0.3 is 5.97 Å². The van der Waals surface area contributed by atoms with Gasteiger partial charge in [0.2, 0.25) is 17.7 Å². The average Bonchev–Trinajstić information content (AvgIpc) is 2.79. The number of carbonyl (C=O) groups is 4. The number of rotatable bonds is 14. The molecule has 1 aromatic rings. The second kappa shape index (κ2) is 14.4. The standard InChI is InChI=1S/C21H33N7O7/c1-11(29)17(28-16(31)10-22)19(33)27-15(9-12-4-6-13(30)7-5-12)18(32)26-14(20(34)35)3-2-8-25-21(23)24/h4-7,11,14-15,17,29-30H,2-3,8-10,22H2,1H3,(H,26,32)(H,27,33)(H,28,31)(H,34,35)(H4,23,24,25). The van der Waals surface area contributed by atoms with Gasteiger partial charge in [0.1, 0.15) is 23.9 Å². The van der Waals surface area contributed by atoms with Gasteiger partial charge in [0.25, 0.3) is 0 Å². The molecular formula is C21H33N7O7. The normalized spacial score (nSPS) is 14.0. The third-order valence-electron chi connectivity index (χ3n) is 4.84. The van der Waals surface area contributed by atoms with Crippen molar-refractivity contribution in [3.05, 3.63) is 29.8 Å². The topological polar surface area (TPSA) is 255 Å². The van der Waals surface area contributed by atoms with Crippen LogP contribution in [0.1, 0.15) is 25.3 Å². The number of hydrogen-bond acceptors (Lipinski definition) is 8. The van der Waals surface area contributed by atoms with E-state index in [1.807, 2.05) is 0 Å². The largest absolute Gasteiger partial charge is 0.508 e. The molecule has 0 bridgehead atoms. The van der Waals surface area contributed by atoms with Gasteiger partial charge in [0, 0.05) is 13.0 Å². The number of aliphatic hydroxyl groups is 1. The summed E-state index contributed by atoms with van der Waals surface area (Å²) in [5.41, 5.74) is 16.3. The van der Waals surface area contributed by atoms with Crippen LogP contribution in [-0.4, -0.2) is 82.3 Å². The third kappa shape index (κ3) is 10.7. The summed E-state index contributed by atoms with van der Waals surface area (Å²) in [7, 11) is 0. The number of hydrogen-bond donors (Lipinski definition) is 9. The minimum atomic E-state index is -1.41. The number of aliphatic carboxylic acids is 1. The summed E-state index contributed by atoms with van der Waals surface area (Å²) >= 11 is 0. The molecule has 1 aromatic carbocycles. The monoisotopic (exact) mass is 495 g/mol. The lowest BCUT2D eigenvalue weighted by Gasteiger charge is -2.25. The summed E-state index contributed by atoms with van der Waals surface area (Å²) in [5, 5.41) is 36.0. The molecule has 0 heterocycles. The van der Waals surface area contributed by atoms with Crippen LogP contribution in [0.5, 0.6) is 5.75 Å². The Kier molecular flexibility index (Phi) is 12.0. The van der Waals surface area contributed by atoms with E-state index in [1.165, 1.54) is 31.2 Å². The molecule has 0 aliphatic carbocycles. The first-order valence-corrected chi connectivity index (χ1v) is 10.8. The number of aromatic hydroxyl groups is 1. The van der Waals surface area contributed by atoms with Gasteiger partial charge in [-0.25, -0.2) is 4.79 Å². The van der Waals surface area contributed by atoms with Crippen LogP contribution in [0.25, 0.3) is 0 Å². The second-order valence-electron chi connectivity index (χ2n) is 7.77. The van der Waals surface area contributed by atoms with Crippen LogP contribution in [0, 0.1) is 0 Å². The SMILES string of the molecule is CC(O)C(NC(=O)CN)C(=O)NC(Cc1ccc(O)cc1)C(=O)NC(CCCN=C(N)N)C(=O)O. The number of amides is 3. The number of aliphatic hydroxyl groups excluding tert-OH is 1. The lowest BCUT2D eigenvalue weighted by atomic mass is 10.0. The number of nitrogens with zero attached hydrogens (tertiary/aromatic N) is 1. The van der Waals surface area contributed by atoms with E-state index >= 15 is 0 Å². The zero-order valence-corrected chi connectivity index (χ0v) is 19.3. The number of carboxylic acid groups (broad SMARTS) is 1. The van der Waals surface area contributed by atoms with E-state index in [4.69, 9.17) is 17.2 Å². The van der Waals surface area contributed by atoms with Crippen molar-refractivity contribution in [2.75, 3.05) is 13.1 Å². The van der Waals surface area contributed by atoms with Crippen LogP contribution < -0.4 is 33.2 Å². The summed E-state index contributed by atoms with van der Waals surface area (Å²) in [6, 6.07) is 1.84. The van der Waals surface area contributed by atoms with Crippen molar-refractivity contribution < 1.29 is 34.5 Å². The first-order chi connectivity index (χ1) is 16.4. The fourth-order valence-corrected chi connectivity index (χ4v) is 3.01. The van der Waals surface area contributed by atoms with Gasteiger partial charge < -0.3 is 48.5 Å². The zero-order valence-electron chi connectivity index (χ0n) is 19.3. The molecular weight excluding hydrogens is 462 g/mol. The van der Waals surface area contributed by atoms with Crippen LogP contribution in [0.15, 0.2) is 29.3 Å². The molecule has 0 radical (unpaired) electrons. The van der Waals surface area contributed by atoms with Crippen LogP contribution in [0.2, 0.25) is 0 Å². The first kappa shape index (κ1) is 29.1. The Morgan fingerprint density at radius 2 is 1.60 bits per heavy atom. The smallest absolute Gasteiger partial charge is 0.326 e. The molecule has 0 spiro atoms. The molecule has 0 saturated carbocycles. The number of aliphatic imine (C=N–C) groups is 1. The summed E-state index contributed by atoms with van der Waals surface area (Å²) in [4.78, 5) is 52.8. The lowest BCUT2D eigenvalue weighted by Crippen LogP contribution is -2.59. The Labute approximate surface area is 201 Å². The quantitative estimate of drug-likeness (QED) is 0.0712. The molecule has 12 N–H and O–H groups in total. The molecule has 4 unspecified atom stereocenters. The molecule has 14 nitrogen and oxygen atoms in total. The maximum atomic E-state index is 13.0. The number of nitrogens with two attached hydrogens (primary N) is 3. The van der Waals surface area contributed by atoms with Gasteiger partial charge in [-0.05, 0) is 37.5 Å². The highest BCUT2D eigenvalue weighted by Crippen LogP contribution is 2.12. The van der Waals surface area contributed by atoms with Crippen molar-refractivity contribution in [3.8, 4) is 5.75 Å². The number of guanidine groups is 1. The predicted molar refractivity (Wildman–Crippen MR) is 126 cm³/mol. The highest BCUT2D eigenvalue weighted by atomic mass is 16.4. The van der Waals surface area contributed by atoms with Gasteiger partial charge in [-0.1, -0.05) is 12.1 Å².